The molecule has 0 saturated carbocycles. The second-order valence-electron chi connectivity index (χ2n) is 5.28. The van der Waals surface area contributed by atoms with E-state index in [4.69, 9.17) is 9.47 Å². The van der Waals surface area contributed by atoms with Crippen LogP contribution >= 0.6 is 0 Å². The van der Waals surface area contributed by atoms with E-state index < -0.39 is 0 Å². The lowest BCUT2D eigenvalue weighted by molar-refractivity contribution is -0.0580. The third kappa shape index (κ3) is 4.63. The van der Waals surface area contributed by atoms with Crippen LogP contribution < -0.4 is 0 Å². The summed E-state index contributed by atoms with van der Waals surface area (Å²) in [5.74, 6) is 0.683. The summed E-state index contributed by atoms with van der Waals surface area (Å²) >= 11 is 0. The van der Waals surface area contributed by atoms with Gasteiger partial charge >= 0.3 is 0 Å². The minimum atomic E-state index is 0.0670. The van der Waals surface area contributed by atoms with Gasteiger partial charge in [0.15, 0.2) is 6.29 Å². The Bertz CT molecular complexity index is 143. The van der Waals surface area contributed by atoms with Crippen LogP contribution in [0.2, 0.25) is 0 Å². The van der Waals surface area contributed by atoms with Gasteiger partial charge in [0.05, 0.1) is 13.2 Å². The maximum absolute atomic E-state index is 5.42. The van der Waals surface area contributed by atoms with Crippen molar-refractivity contribution in [1.29, 1.82) is 0 Å². The van der Waals surface area contributed by atoms with Gasteiger partial charge in [0.1, 0.15) is 0 Å². The van der Waals surface area contributed by atoms with Gasteiger partial charge in [-0.3, -0.25) is 0 Å². The number of ether oxygens (including phenoxy) is 2. The van der Waals surface area contributed by atoms with Crippen LogP contribution in [0.15, 0.2) is 0 Å². The van der Waals surface area contributed by atoms with Gasteiger partial charge in [0, 0.05) is 6.42 Å². The highest BCUT2D eigenvalue weighted by atomic mass is 16.7. The van der Waals surface area contributed by atoms with Crippen molar-refractivity contribution in [3.05, 3.63) is 0 Å². The predicted octanol–water partition coefficient (Wildman–Crippen LogP) is 2.82. The van der Waals surface area contributed by atoms with Gasteiger partial charge in [-0.15, -0.1) is 0 Å². The number of hydrogen-bond acceptors (Lipinski definition) is 2. The Kier molecular flexibility index (Phi) is 3.74. The largest absolute Gasteiger partial charge is 0.350 e. The normalized spacial score (nSPS) is 22.2. The fourth-order valence-electron chi connectivity index (χ4n) is 2.00. The molecule has 1 saturated heterocycles. The smallest absolute Gasteiger partial charge is 0.158 e. The highest BCUT2D eigenvalue weighted by molar-refractivity contribution is 4.68. The molecule has 1 unspecified atom stereocenters. The fourth-order valence-corrected chi connectivity index (χ4v) is 2.00. The zero-order valence-electron chi connectivity index (χ0n) is 9.30. The van der Waals surface area contributed by atoms with E-state index in [9.17, 15) is 0 Å². The van der Waals surface area contributed by atoms with Crippen molar-refractivity contribution in [2.75, 3.05) is 13.2 Å². The van der Waals surface area contributed by atoms with Crippen LogP contribution in [-0.2, 0) is 9.47 Å². The van der Waals surface area contributed by atoms with Crippen LogP contribution in [0.4, 0.5) is 0 Å². The molecule has 1 rings (SSSR count). The SMILES string of the molecule is CC(CC1OCCO1)CC(C)(C)C. The first-order chi connectivity index (χ1) is 5.97. The third-order valence-electron chi connectivity index (χ3n) is 2.25. The first-order valence-electron chi connectivity index (χ1n) is 5.20. The van der Waals surface area contributed by atoms with Crippen LogP contribution in [0.3, 0.4) is 0 Å². The zero-order valence-corrected chi connectivity index (χ0v) is 9.30. The Morgan fingerprint density at radius 1 is 1.23 bits per heavy atom. The Morgan fingerprint density at radius 2 is 1.77 bits per heavy atom. The van der Waals surface area contributed by atoms with Crippen LogP contribution in [0.1, 0.15) is 40.5 Å². The number of hydrogen-bond donors (Lipinski definition) is 0. The Labute approximate surface area is 81.6 Å². The Hall–Kier alpha value is -0.0800. The van der Waals surface area contributed by atoms with Crippen molar-refractivity contribution >= 4 is 0 Å². The monoisotopic (exact) mass is 186 g/mol. The van der Waals surface area contributed by atoms with Gasteiger partial charge in [-0.25, -0.2) is 0 Å². The van der Waals surface area contributed by atoms with E-state index in [1.165, 1.54) is 6.42 Å². The average molecular weight is 186 g/mol. The van der Waals surface area contributed by atoms with E-state index in [0.717, 1.165) is 19.6 Å². The van der Waals surface area contributed by atoms with Crippen molar-refractivity contribution in [3.8, 4) is 0 Å². The fraction of sp³-hybridized carbons (Fsp3) is 1.00. The highest BCUT2D eigenvalue weighted by Crippen LogP contribution is 2.28. The van der Waals surface area contributed by atoms with Gasteiger partial charge in [-0.2, -0.15) is 0 Å². The molecule has 0 N–H and O–H groups in total. The lowest BCUT2D eigenvalue weighted by Crippen LogP contribution is -2.17. The Balaban J connectivity index is 2.20. The van der Waals surface area contributed by atoms with Crippen molar-refractivity contribution in [2.24, 2.45) is 11.3 Å². The summed E-state index contributed by atoms with van der Waals surface area (Å²) < 4.78 is 10.8. The molecule has 0 spiro atoms. The first-order valence-corrected chi connectivity index (χ1v) is 5.20. The van der Waals surface area contributed by atoms with Crippen molar-refractivity contribution in [1.82, 2.24) is 0 Å². The van der Waals surface area contributed by atoms with E-state index in [2.05, 4.69) is 27.7 Å². The summed E-state index contributed by atoms with van der Waals surface area (Å²) in [5.41, 5.74) is 0.415. The average Bonchev–Trinajstić information content (AvgIpc) is 2.34. The quantitative estimate of drug-likeness (QED) is 0.674. The molecule has 0 aromatic carbocycles. The molecule has 1 atom stereocenters. The molecule has 0 aromatic rings. The van der Waals surface area contributed by atoms with E-state index in [1.807, 2.05) is 0 Å². The molecule has 0 radical (unpaired) electrons. The van der Waals surface area contributed by atoms with Crippen LogP contribution in [0.5, 0.6) is 0 Å². The summed E-state index contributed by atoms with van der Waals surface area (Å²) in [5, 5.41) is 0. The first kappa shape index (κ1) is 11.0. The third-order valence-corrected chi connectivity index (χ3v) is 2.25. The van der Waals surface area contributed by atoms with E-state index >= 15 is 0 Å². The summed E-state index contributed by atoms with van der Waals surface area (Å²) in [6.07, 6.45) is 2.34. The molecular formula is C11H22O2. The minimum absolute atomic E-state index is 0.0670. The molecule has 1 fully saturated rings. The lowest BCUT2D eigenvalue weighted by atomic mass is 9.84. The predicted molar refractivity (Wildman–Crippen MR) is 53.5 cm³/mol. The molecule has 1 aliphatic rings. The van der Waals surface area contributed by atoms with E-state index in [1.54, 1.807) is 0 Å². The second kappa shape index (κ2) is 4.43. The molecule has 0 amide bonds. The van der Waals surface area contributed by atoms with Gasteiger partial charge in [-0.1, -0.05) is 27.7 Å². The van der Waals surface area contributed by atoms with Crippen LogP contribution in [0, 0.1) is 11.3 Å². The van der Waals surface area contributed by atoms with Gasteiger partial charge in [-0.05, 0) is 17.8 Å². The van der Waals surface area contributed by atoms with Crippen molar-refractivity contribution in [2.45, 2.75) is 46.8 Å². The van der Waals surface area contributed by atoms with Gasteiger partial charge < -0.3 is 9.47 Å². The molecule has 1 aliphatic heterocycles. The van der Waals surface area contributed by atoms with Crippen LogP contribution in [-0.4, -0.2) is 19.5 Å². The molecular weight excluding hydrogens is 164 g/mol. The Morgan fingerprint density at radius 3 is 2.23 bits per heavy atom. The van der Waals surface area contributed by atoms with Gasteiger partial charge in [0.2, 0.25) is 0 Å². The topological polar surface area (TPSA) is 18.5 Å². The summed E-state index contributed by atoms with van der Waals surface area (Å²) in [6, 6.07) is 0. The molecule has 0 bridgehead atoms. The molecule has 2 nitrogen and oxygen atoms in total. The molecule has 1 heterocycles. The number of rotatable bonds is 3. The van der Waals surface area contributed by atoms with Crippen molar-refractivity contribution < 1.29 is 9.47 Å². The molecule has 0 aromatic heterocycles. The van der Waals surface area contributed by atoms with E-state index in [0.29, 0.717) is 11.3 Å². The summed E-state index contributed by atoms with van der Waals surface area (Å²) in [7, 11) is 0. The summed E-state index contributed by atoms with van der Waals surface area (Å²) in [6.45, 7) is 10.6. The summed E-state index contributed by atoms with van der Waals surface area (Å²) in [4.78, 5) is 0. The maximum atomic E-state index is 5.42. The molecule has 78 valence electrons. The molecule has 2 heteroatoms. The second-order valence-corrected chi connectivity index (χ2v) is 5.28. The standard InChI is InChI=1S/C11H22O2/c1-9(8-11(2,3)4)7-10-12-5-6-13-10/h9-10H,5-8H2,1-4H3. The van der Waals surface area contributed by atoms with Crippen LogP contribution in [0.25, 0.3) is 0 Å². The lowest BCUT2D eigenvalue weighted by Gasteiger charge is -2.24. The molecule has 13 heavy (non-hydrogen) atoms. The zero-order chi connectivity index (χ0) is 9.90. The highest BCUT2D eigenvalue weighted by Gasteiger charge is 2.22. The van der Waals surface area contributed by atoms with E-state index in [-0.39, 0.29) is 6.29 Å². The molecule has 0 aliphatic carbocycles. The minimum Gasteiger partial charge on any atom is -0.350 e. The maximum Gasteiger partial charge on any atom is 0.158 e. The van der Waals surface area contributed by atoms with Crippen molar-refractivity contribution in [3.63, 3.8) is 0 Å². The van der Waals surface area contributed by atoms with Gasteiger partial charge in [0.25, 0.3) is 0 Å².